The van der Waals surface area contributed by atoms with E-state index in [4.69, 9.17) is 27.9 Å². The predicted molar refractivity (Wildman–Crippen MR) is 37.3 cm³/mol. The highest BCUT2D eigenvalue weighted by Crippen LogP contribution is 1.88. The van der Waals surface area contributed by atoms with Crippen molar-refractivity contribution in [1.29, 1.82) is 0 Å². The second-order valence-electron chi connectivity index (χ2n) is 1.31. The standard InChI is InChI=1S/C2H5B2Cl2O4/c5-3(7)9-1-2-10-4(6)8/h7H,1-2H2/q-1. The molecule has 0 aliphatic carbocycles. The summed E-state index contributed by atoms with van der Waals surface area (Å²) in [6.07, 6.45) is 0. The highest BCUT2D eigenvalue weighted by molar-refractivity contribution is 6.98. The first kappa shape index (κ1) is 10.5. The van der Waals surface area contributed by atoms with Crippen molar-refractivity contribution >= 4 is 36.0 Å². The van der Waals surface area contributed by atoms with E-state index in [2.05, 4.69) is 9.31 Å². The smallest absolute Gasteiger partial charge is 0.568 e. The third-order valence-corrected chi connectivity index (χ3v) is 0.840. The van der Waals surface area contributed by atoms with Crippen LogP contribution in [0.4, 0.5) is 0 Å². The summed E-state index contributed by atoms with van der Waals surface area (Å²) in [7, 11) is 0. The van der Waals surface area contributed by atoms with Gasteiger partial charge in [-0.3, -0.25) is 0 Å². The molecule has 10 heavy (non-hydrogen) atoms. The van der Waals surface area contributed by atoms with Crippen LogP contribution in [0.25, 0.3) is 0 Å². The molecule has 58 valence electrons. The van der Waals surface area contributed by atoms with Gasteiger partial charge < -0.3 is 19.4 Å². The molecule has 8 heteroatoms. The molecule has 0 heterocycles. The molecule has 0 spiro atoms. The number of hydrogen-bond donors (Lipinski definition) is 1. The van der Waals surface area contributed by atoms with E-state index in [0.717, 1.165) is 0 Å². The molecule has 0 aliphatic heterocycles. The lowest BCUT2D eigenvalue weighted by molar-refractivity contribution is -0.213. The Bertz CT molecular complexity index is 71.7. The van der Waals surface area contributed by atoms with Crippen molar-refractivity contribution < 1.29 is 19.4 Å². The molecular formula is C2H5B2Cl2O4-. The molecule has 0 rings (SSSR count). The van der Waals surface area contributed by atoms with Gasteiger partial charge in [-0.2, -0.15) is 11.5 Å². The molecule has 0 atom stereocenters. The van der Waals surface area contributed by atoms with E-state index < -0.39 is 13.1 Å². The Kier molecular flexibility index (Phi) is 6.62. The summed E-state index contributed by atoms with van der Waals surface area (Å²) >= 11 is 9.82. The maximum absolute atomic E-state index is 9.96. The van der Waals surface area contributed by atoms with Crippen molar-refractivity contribution in [1.82, 2.24) is 0 Å². The molecule has 0 aliphatic rings. The molecule has 0 saturated heterocycles. The van der Waals surface area contributed by atoms with Crippen LogP contribution >= 0.6 is 22.9 Å². The highest BCUT2D eigenvalue weighted by atomic mass is 35.5. The fraction of sp³-hybridized carbons (Fsp3) is 1.00. The Morgan fingerprint density at radius 1 is 1.30 bits per heavy atom. The van der Waals surface area contributed by atoms with Crippen molar-refractivity contribution in [3.05, 3.63) is 0 Å². The fourth-order valence-electron chi connectivity index (χ4n) is 0.286. The zero-order chi connectivity index (χ0) is 7.98. The van der Waals surface area contributed by atoms with Crippen molar-refractivity contribution in [3.63, 3.8) is 0 Å². The summed E-state index contributed by atoms with van der Waals surface area (Å²) in [5.74, 6) is 0. The number of rotatable bonds is 5. The molecular weight excluding hydrogens is 181 g/mol. The van der Waals surface area contributed by atoms with Gasteiger partial charge in [-0.25, -0.2) is 0 Å². The zero-order valence-corrected chi connectivity index (χ0v) is 6.51. The molecule has 0 aromatic rings. The van der Waals surface area contributed by atoms with Crippen LogP contribution in [0.2, 0.25) is 0 Å². The summed E-state index contributed by atoms with van der Waals surface area (Å²) < 4.78 is 8.70. The summed E-state index contributed by atoms with van der Waals surface area (Å²) in [5.41, 5.74) is 0. The van der Waals surface area contributed by atoms with E-state index in [1.54, 1.807) is 0 Å². The number of hydrogen-bond acceptors (Lipinski definition) is 4. The third kappa shape index (κ3) is 8.55. The monoisotopic (exact) mass is 185 g/mol. The van der Waals surface area contributed by atoms with E-state index in [1.807, 2.05) is 0 Å². The molecule has 4 nitrogen and oxygen atoms in total. The molecule has 1 N–H and O–H groups in total. The summed E-state index contributed by atoms with van der Waals surface area (Å²) in [6.45, 7) is -2.89. The first-order chi connectivity index (χ1) is 4.63. The van der Waals surface area contributed by atoms with Crippen LogP contribution in [0.3, 0.4) is 0 Å². The first-order valence-corrected chi connectivity index (χ1v) is 3.35. The molecule has 0 aromatic carbocycles. The molecule has 0 unspecified atom stereocenters. The predicted octanol–water partition coefficient (Wildman–Crippen LogP) is -1.18. The average Bonchev–Trinajstić information content (AvgIpc) is 1.79. The average molecular weight is 186 g/mol. The molecule has 0 radical (unpaired) electrons. The maximum Gasteiger partial charge on any atom is 0.568 e. The van der Waals surface area contributed by atoms with Gasteiger partial charge in [0.1, 0.15) is 0 Å². The van der Waals surface area contributed by atoms with Gasteiger partial charge in [-0.15, -0.1) is 11.5 Å². The van der Waals surface area contributed by atoms with E-state index in [0.29, 0.717) is 0 Å². The third-order valence-electron chi connectivity index (χ3n) is 0.588. The van der Waals surface area contributed by atoms with Gasteiger partial charge in [0.2, 0.25) is 0 Å². The lowest BCUT2D eigenvalue weighted by Gasteiger charge is -2.10. The molecule has 0 fully saturated rings. The minimum absolute atomic E-state index is 0.0153. The summed E-state index contributed by atoms with van der Waals surface area (Å²) in [6, 6.07) is 0. The van der Waals surface area contributed by atoms with Gasteiger partial charge in [-0.05, 0) is 0 Å². The van der Waals surface area contributed by atoms with Crippen LogP contribution in [0.1, 0.15) is 0 Å². The Labute approximate surface area is 69.1 Å². The summed E-state index contributed by atoms with van der Waals surface area (Å²) in [5, 5.41) is 18.3. The van der Waals surface area contributed by atoms with Crippen molar-refractivity contribution in [2.75, 3.05) is 13.2 Å². The lowest BCUT2D eigenvalue weighted by atomic mass is 10.4. The lowest BCUT2D eigenvalue weighted by Crippen LogP contribution is -2.29. The van der Waals surface area contributed by atoms with Crippen molar-refractivity contribution in [3.8, 4) is 0 Å². The van der Waals surface area contributed by atoms with Crippen molar-refractivity contribution in [2.45, 2.75) is 0 Å². The van der Waals surface area contributed by atoms with Gasteiger partial charge in [0.15, 0.2) is 0 Å². The zero-order valence-electron chi connectivity index (χ0n) is 5.00. The second kappa shape index (κ2) is 6.27. The van der Waals surface area contributed by atoms with E-state index in [9.17, 15) is 5.02 Å². The molecule has 0 bridgehead atoms. The van der Waals surface area contributed by atoms with Gasteiger partial charge in [-0.1, -0.05) is 0 Å². The van der Waals surface area contributed by atoms with Crippen LogP contribution in [0.15, 0.2) is 0 Å². The second-order valence-corrected chi connectivity index (χ2v) is 2.04. The molecule has 0 aromatic heterocycles. The minimum Gasteiger partial charge on any atom is -0.843 e. The molecule has 0 saturated carbocycles. The maximum atomic E-state index is 9.96. The normalized spacial score (nSPS) is 9.60. The van der Waals surface area contributed by atoms with Crippen molar-refractivity contribution in [2.24, 2.45) is 0 Å². The minimum atomic E-state index is -1.59. The van der Waals surface area contributed by atoms with Crippen LogP contribution in [0.5, 0.6) is 0 Å². The first-order valence-electron chi connectivity index (χ1n) is 2.48. The van der Waals surface area contributed by atoms with Gasteiger partial charge in [0.25, 0.3) is 6.53 Å². The van der Waals surface area contributed by atoms with E-state index in [-0.39, 0.29) is 13.2 Å². The van der Waals surface area contributed by atoms with Crippen LogP contribution < -0.4 is 5.02 Å². The van der Waals surface area contributed by atoms with Gasteiger partial charge in [0, 0.05) is 0 Å². The van der Waals surface area contributed by atoms with Crippen LogP contribution in [-0.4, -0.2) is 31.3 Å². The van der Waals surface area contributed by atoms with E-state index in [1.165, 1.54) is 0 Å². The van der Waals surface area contributed by atoms with Gasteiger partial charge in [0.05, 0.1) is 13.2 Å². The van der Waals surface area contributed by atoms with E-state index >= 15 is 0 Å². The quantitative estimate of drug-likeness (QED) is 0.433. The Hall–Kier alpha value is 0.550. The Morgan fingerprint density at radius 2 is 1.80 bits per heavy atom. The topological polar surface area (TPSA) is 61.8 Å². The fourth-order valence-corrected chi connectivity index (χ4v) is 0.464. The molecule has 0 amide bonds. The Morgan fingerprint density at radius 3 is 2.20 bits per heavy atom. The van der Waals surface area contributed by atoms with Gasteiger partial charge >= 0.3 is 6.53 Å². The summed E-state index contributed by atoms with van der Waals surface area (Å²) in [4.78, 5) is 0. The largest absolute Gasteiger partial charge is 0.843 e. The van der Waals surface area contributed by atoms with Crippen LogP contribution in [-0.2, 0) is 9.31 Å². The Balaban J connectivity index is 2.91. The highest BCUT2D eigenvalue weighted by Gasteiger charge is 2.05. The van der Waals surface area contributed by atoms with Crippen LogP contribution in [0, 0.1) is 0 Å². The number of halogens is 2. The SMILES string of the molecule is [O-]B(Cl)OCCOB(O)Cl.